The zero-order chi connectivity index (χ0) is 11.1. The van der Waals surface area contributed by atoms with Crippen molar-refractivity contribution in [3.8, 4) is 0 Å². The third kappa shape index (κ3) is 4.98. The average Bonchev–Trinajstić information content (AvgIpc) is 2.97. The molecule has 88 valence electrons. The van der Waals surface area contributed by atoms with Crippen molar-refractivity contribution < 1.29 is 9.90 Å². The van der Waals surface area contributed by atoms with E-state index in [2.05, 4.69) is 21.2 Å². The summed E-state index contributed by atoms with van der Waals surface area (Å²) >= 11 is 3.34. The Morgan fingerprint density at radius 3 is 2.67 bits per heavy atom. The Balaban J connectivity index is 2.06. The van der Waals surface area contributed by atoms with Crippen molar-refractivity contribution in [2.45, 2.75) is 38.5 Å². The Hall–Kier alpha value is -0.0900. The standard InChI is InChI=1S/C11H20BrNO2/c12-7-2-1-3-10(15)13-9-11(4-5-11)6-8-14/h14H,1-9H2,(H,13,15). The van der Waals surface area contributed by atoms with Crippen LogP contribution >= 0.6 is 15.9 Å². The van der Waals surface area contributed by atoms with Crippen molar-refractivity contribution >= 4 is 21.8 Å². The van der Waals surface area contributed by atoms with Gasteiger partial charge in [-0.1, -0.05) is 15.9 Å². The van der Waals surface area contributed by atoms with Crippen molar-refractivity contribution in [2.24, 2.45) is 5.41 Å². The van der Waals surface area contributed by atoms with Crippen molar-refractivity contribution in [2.75, 3.05) is 18.5 Å². The molecule has 0 aromatic rings. The highest BCUT2D eigenvalue weighted by Gasteiger charge is 2.41. The molecule has 1 aliphatic rings. The molecule has 0 atom stereocenters. The van der Waals surface area contributed by atoms with Gasteiger partial charge >= 0.3 is 0 Å². The number of hydrogen-bond acceptors (Lipinski definition) is 2. The fraction of sp³-hybridized carbons (Fsp3) is 0.909. The number of alkyl halides is 1. The summed E-state index contributed by atoms with van der Waals surface area (Å²) in [7, 11) is 0. The third-order valence-electron chi connectivity index (χ3n) is 3.05. The van der Waals surface area contributed by atoms with Crippen LogP contribution in [0.1, 0.15) is 38.5 Å². The van der Waals surface area contributed by atoms with Crippen LogP contribution in [0, 0.1) is 5.41 Å². The fourth-order valence-electron chi connectivity index (χ4n) is 1.68. The number of rotatable bonds is 8. The van der Waals surface area contributed by atoms with Crippen LogP contribution in [-0.4, -0.2) is 29.5 Å². The molecule has 15 heavy (non-hydrogen) atoms. The van der Waals surface area contributed by atoms with E-state index in [1.807, 2.05) is 0 Å². The molecule has 1 saturated carbocycles. The monoisotopic (exact) mass is 277 g/mol. The molecule has 3 nitrogen and oxygen atoms in total. The molecule has 1 fully saturated rings. The van der Waals surface area contributed by atoms with E-state index in [1.54, 1.807) is 0 Å². The van der Waals surface area contributed by atoms with Gasteiger partial charge in [-0.3, -0.25) is 4.79 Å². The van der Waals surface area contributed by atoms with Gasteiger partial charge in [0.2, 0.25) is 5.91 Å². The molecule has 2 N–H and O–H groups in total. The van der Waals surface area contributed by atoms with Gasteiger partial charge in [-0.25, -0.2) is 0 Å². The number of aliphatic hydroxyl groups is 1. The first-order chi connectivity index (χ1) is 7.22. The smallest absolute Gasteiger partial charge is 0.220 e. The molecule has 0 unspecified atom stereocenters. The number of amides is 1. The fourth-order valence-corrected chi connectivity index (χ4v) is 2.08. The van der Waals surface area contributed by atoms with Crippen LogP contribution in [0.3, 0.4) is 0 Å². The minimum atomic E-state index is 0.153. The van der Waals surface area contributed by atoms with Gasteiger partial charge in [0.1, 0.15) is 0 Å². The second-order valence-corrected chi connectivity index (χ2v) is 5.19. The molecule has 0 aromatic heterocycles. The van der Waals surface area contributed by atoms with Gasteiger partial charge in [-0.15, -0.1) is 0 Å². The zero-order valence-electron chi connectivity index (χ0n) is 9.10. The highest BCUT2D eigenvalue weighted by molar-refractivity contribution is 9.09. The summed E-state index contributed by atoms with van der Waals surface area (Å²) in [4.78, 5) is 11.4. The van der Waals surface area contributed by atoms with Crippen LogP contribution in [0.15, 0.2) is 0 Å². The van der Waals surface area contributed by atoms with Gasteiger partial charge in [0, 0.05) is 24.9 Å². The lowest BCUT2D eigenvalue weighted by atomic mass is 10.0. The summed E-state index contributed by atoms with van der Waals surface area (Å²) in [5.41, 5.74) is 0.236. The normalized spacial score (nSPS) is 17.5. The summed E-state index contributed by atoms with van der Waals surface area (Å²) in [5, 5.41) is 12.8. The number of carbonyl (C=O) groups is 1. The van der Waals surface area contributed by atoms with E-state index in [9.17, 15) is 4.79 Å². The molecule has 0 aliphatic heterocycles. The third-order valence-corrected chi connectivity index (χ3v) is 3.61. The number of nitrogens with one attached hydrogen (secondary N) is 1. The minimum absolute atomic E-state index is 0.153. The summed E-state index contributed by atoms with van der Waals surface area (Å²) in [5.74, 6) is 0.153. The lowest BCUT2D eigenvalue weighted by molar-refractivity contribution is -0.121. The molecular weight excluding hydrogens is 258 g/mol. The number of unbranched alkanes of at least 4 members (excludes halogenated alkanes) is 1. The van der Waals surface area contributed by atoms with E-state index >= 15 is 0 Å². The molecule has 1 rings (SSSR count). The Kier molecular flexibility index (Phi) is 5.61. The maximum Gasteiger partial charge on any atom is 0.220 e. The van der Waals surface area contributed by atoms with Crippen molar-refractivity contribution in [3.05, 3.63) is 0 Å². The largest absolute Gasteiger partial charge is 0.396 e. The van der Waals surface area contributed by atoms with Gasteiger partial charge in [-0.2, -0.15) is 0 Å². The van der Waals surface area contributed by atoms with E-state index in [-0.39, 0.29) is 17.9 Å². The summed E-state index contributed by atoms with van der Waals surface area (Å²) in [6.07, 6.45) is 5.75. The zero-order valence-corrected chi connectivity index (χ0v) is 10.7. The lowest BCUT2D eigenvalue weighted by Gasteiger charge is -2.14. The van der Waals surface area contributed by atoms with E-state index < -0.39 is 0 Å². The van der Waals surface area contributed by atoms with Gasteiger partial charge < -0.3 is 10.4 Å². The Bertz CT molecular complexity index is 205. The molecular formula is C11H20BrNO2. The molecule has 0 bridgehead atoms. The number of hydrogen-bond donors (Lipinski definition) is 2. The van der Waals surface area contributed by atoms with Crippen molar-refractivity contribution in [3.63, 3.8) is 0 Å². The summed E-state index contributed by atoms with van der Waals surface area (Å²) in [6, 6.07) is 0. The van der Waals surface area contributed by atoms with Crippen LogP contribution in [-0.2, 0) is 4.79 Å². The maximum absolute atomic E-state index is 11.4. The molecule has 0 heterocycles. The Morgan fingerprint density at radius 1 is 1.40 bits per heavy atom. The number of aliphatic hydroxyl groups excluding tert-OH is 1. The van der Waals surface area contributed by atoms with Crippen LogP contribution in [0.4, 0.5) is 0 Å². The second kappa shape index (κ2) is 6.48. The van der Waals surface area contributed by atoms with Crippen molar-refractivity contribution in [1.29, 1.82) is 0 Å². The molecule has 0 spiro atoms. The minimum Gasteiger partial charge on any atom is -0.396 e. The highest BCUT2D eigenvalue weighted by atomic mass is 79.9. The predicted octanol–water partition coefficient (Wildman–Crippen LogP) is 1.83. The highest BCUT2D eigenvalue weighted by Crippen LogP contribution is 2.47. The van der Waals surface area contributed by atoms with Crippen molar-refractivity contribution in [1.82, 2.24) is 5.32 Å². The summed E-state index contributed by atoms with van der Waals surface area (Å²) < 4.78 is 0. The lowest BCUT2D eigenvalue weighted by Crippen LogP contribution is -2.30. The van der Waals surface area contributed by atoms with Gasteiger partial charge in [0.05, 0.1) is 0 Å². The van der Waals surface area contributed by atoms with Gasteiger partial charge in [0.25, 0.3) is 0 Å². The van der Waals surface area contributed by atoms with Gasteiger partial charge in [-0.05, 0) is 37.5 Å². The molecule has 0 radical (unpaired) electrons. The van der Waals surface area contributed by atoms with Crippen LogP contribution in [0.2, 0.25) is 0 Å². The molecule has 0 saturated heterocycles. The second-order valence-electron chi connectivity index (χ2n) is 4.40. The first-order valence-electron chi connectivity index (χ1n) is 5.66. The van der Waals surface area contributed by atoms with Crippen LogP contribution in [0.25, 0.3) is 0 Å². The quantitative estimate of drug-likeness (QED) is 0.525. The van der Waals surface area contributed by atoms with Crippen LogP contribution < -0.4 is 5.32 Å². The van der Waals surface area contributed by atoms with Gasteiger partial charge in [0.15, 0.2) is 0 Å². The molecule has 4 heteroatoms. The van der Waals surface area contributed by atoms with E-state index in [1.165, 1.54) is 0 Å². The predicted molar refractivity (Wildman–Crippen MR) is 64.0 cm³/mol. The van der Waals surface area contributed by atoms with E-state index in [0.717, 1.165) is 44.0 Å². The SMILES string of the molecule is O=C(CCCCBr)NCC1(CCO)CC1. The first-order valence-corrected chi connectivity index (χ1v) is 6.78. The maximum atomic E-state index is 11.4. The average molecular weight is 278 g/mol. The van der Waals surface area contributed by atoms with E-state index in [4.69, 9.17) is 5.11 Å². The molecule has 1 aliphatic carbocycles. The number of halogens is 1. The molecule has 0 aromatic carbocycles. The number of carbonyl (C=O) groups excluding carboxylic acids is 1. The molecule has 1 amide bonds. The Morgan fingerprint density at radius 2 is 2.13 bits per heavy atom. The summed E-state index contributed by atoms with van der Waals surface area (Å²) in [6.45, 7) is 0.986. The first kappa shape index (κ1) is 13.0. The van der Waals surface area contributed by atoms with E-state index in [0.29, 0.717) is 6.42 Å². The Labute approximate surface area is 99.8 Å². The van der Waals surface area contributed by atoms with Crippen LogP contribution in [0.5, 0.6) is 0 Å². The topological polar surface area (TPSA) is 49.3 Å².